The Balaban J connectivity index is 2.76. The van der Waals surface area contributed by atoms with E-state index in [1.165, 1.54) is 6.07 Å². The SMILES string of the molecule is CCOC(=O)CN(C)Cc1ccc(Br)cc1[N+](=O)[O-]. The zero-order valence-electron chi connectivity index (χ0n) is 10.8. The summed E-state index contributed by atoms with van der Waals surface area (Å²) in [5.41, 5.74) is 0.588. The van der Waals surface area contributed by atoms with E-state index in [2.05, 4.69) is 15.9 Å². The van der Waals surface area contributed by atoms with Crippen LogP contribution in [0.3, 0.4) is 0 Å². The second-order valence-electron chi connectivity index (χ2n) is 4.01. The molecule has 0 heterocycles. The molecule has 0 aliphatic rings. The number of carbonyl (C=O) groups excluding carboxylic acids is 1. The Kier molecular flexibility index (Phi) is 5.91. The molecule has 0 aliphatic carbocycles. The molecule has 0 fully saturated rings. The van der Waals surface area contributed by atoms with Gasteiger partial charge in [-0.15, -0.1) is 0 Å². The molecule has 19 heavy (non-hydrogen) atoms. The lowest BCUT2D eigenvalue weighted by Gasteiger charge is -2.15. The van der Waals surface area contributed by atoms with Gasteiger partial charge in [0.15, 0.2) is 0 Å². The monoisotopic (exact) mass is 330 g/mol. The fourth-order valence-corrected chi connectivity index (χ4v) is 1.96. The molecule has 0 radical (unpaired) electrons. The summed E-state index contributed by atoms with van der Waals surface area (Å²) in [6, 6.07) is 4.86. The molecule has 7 heteroatoms. The van der Waals surface area contributed by atoms with Crippen molar-refractivity contribution in [1.82, 2.24) is 4.90 Å². The standard InChI is InChI=1S/C12H15BrN2O4/c1-3-19-12(16)8-14(2)7-9-4-5-10(13)6-11(9)15(17)18/h4-6H,3,7-8H2,1-2H3. The number of likely N-dealkylation sites (N-methyl/N-ethyl adjacent to an activating group) is 1. The first kappa shape index (κ1) is 15.6. The van der Waals surface area contributed by atoms with E-state index in [1.807, 2.05) is 0 Å². The number of hydrogen-bond acceptors (Lipinski definition) is 5. The molecule has 0 saturated heterocycles. The van der Waals surface area contributed by atoms with Crippen molar-refractivity contribution >= 4 is 27.6 Å². The summed E-state index contributed by atoms with van der Waals surface area (Å²) in [4.78, 5) is 23.5. The van der Waals surface area contributed by atoms with Gasteiger partial charge in [0.1, 0.15) is 0 Å². The van der Waals surface area contributed by atoms with Crippen LogP contribution in [-0.4, -0.2) is 36.0 Å². The van der Waals surface area contributed by atoms with Gasteiger partial charge in [0, 0.05) is 22.6 Å². The van der Waals surface area contributed by atoms with Gasteiger partial charge in [-0.3, -0.25) is 19.8 Å². The third-order valence-corrected chi connectivity index (χ3v) is 2.88. The Bertz CT molecular complexity index is 479. The van der Waals surface area contributed by atoms with Gasteiger partial charge in [0.05, 0.1) is 18.1 Å². The molecule has 0 N–H and O–H groups in total. The Morgan fingerprint density at radius 3 is 2.79 bits per heavy atom. The summed E-state index contributed by atoms with van der Waals surface area (Å²) in [6.45, 7) is 2.46. The van der Waals surface area contributed by atoms with Crippen LogP contribution < -0.4 is 0 Å². The average Bonchev–Trinajstić information content (AvgIpc) is 2.31. The number of rotatable bonds is 6. The molecule has 0 atom stereocenters. The molecule has 1 rings (SSSR count). The van der Waals surface area contributed by atoms with Crippen LogP contribution in [0.4, 0.5) is 5.69 Å². The number of benzene rings is 1. The predicted octanol–water partition coefficient (Wildman–Crippen LogP) is 2.35. The van der Waals surface area contributed by atoms with Crippen molar-refractivity contribution in [2.75, 3.05) is 20.2 Å². The zero-order valence-corrected chi connectivity index (χ0v) is 12.3. The maximum absolute atomic E-state index is 11.3. The smallest absolute Gasteiger partial charge is 0.320 e. The molecule has 0 saturated carbocycles. The highest BCUT2D eigenvalue weighted by Crippen LogP contribution is 2.24. The lowest BCUT2D eigenvalue weighted by Crippen LogP contribution is -2.27. The third-order valence-electron chi connectivity index (χ3n) is 2.39. The average molecular weight is 331 g/mol. The fraction of sp³-hybridized carbons (Fsp3) is 0.417. The number of halogens is 1. The number of carbonyl (C=O) groups is 1. The van der Waals surface area contributed by atoms with E-state index in [-0.39, 0.29) is 18.2 Å². The second kappa shape index (κ2) is 7.20. The third kappa shape index (κ3) is 4.96. The van der Waals surface area contributed by atoms with Crippen molar-refractivity contribution < 1.29 is 14.5 Å². The van der Waals surface area contributed by atoms with Crippen molar-refractivity contribution in [3.63, 3.8) is 0 Å². The molecule has 0 aromatic heterocycles. The topological polar surface area (TPSA) is 72.7 Å². The van der Waals surface area contributed by atoms with Crippen LogP contribution in [0, 0.1) is 10.1 Å². The van der Waals surface area contributed by atoms with Crippen molar-refractivity contribution in [2.45, 2.75) is 13.5 Å². The van der Waals surface area contributed by atoms with Crippen molar-refractivity contribution in [3.8, 4) is 0 Å². The predicted molar refractivity (Wildman–Crippen MR) is 73.8 cm³/mol. The molecule has 0 bridgehead atoms. The summed E-state index contributed by atoms with van der Waals surface area (Å²) >= 11 is 3.20. The zero-order chi connectivity index (χ0) is 14.4. The van der Waals surface area contributed by atoms with Crippen LogP contribution in [0.25, 0.3) is 0 Å². The van der Waals surface area contributed by atoms with Crippen LogP contribution >= 0.6 is 15.9 Å². The van der Waals surface area contributed by atoms with Gasteiger partial charge in [-0.1, -0.05) is 15.9 Å². The van der Waals surface area contributed by atoms with E-state index in [4.69, 9.17) is 4.74 Å². The molecule has 0 aliphatic heterocycles. The highest BCUT2D eigenvalue weighted by Gasteiger charge is 2.16. The van der Waals surface area contributed by atoms with Crippen molar-refractivity contribution in [3.05, 3.63) is 38.3 Å². The van der Waals surface area contributed by atoms with Gasteiger partial charge in [0.2, 0.25) is 0 Å². The molecule has 0 amide bonds. The Morgan fingerprint density at radius 2 is 2.21 bits per heavy atom. The van der Waals surface area contributed by atoms with Gasteiger partial charge in [0.25, 0.3) is 5.69 Å². The van der Waals surface area contributed by atoms with Gasteiger partial charge >= 0.3 is 5.97 Å². The lowest BCUT2D eigenvalue weighted by atomic mass is 10.1. The first-order valence-corrected chi connectivity index (χ1v) is 6.50. The van der Waals surface area contributed by atoms with Crippen LogP contribution in [0.2, 0.25) is 0 Å². The maximum Gasteiger partial charge on any atom is 0.320 e. The van der Waals surface area contributed by atoms with Crippen molar-refractivity contribution in [1.29, 1.82) is 0 Å². The van der Waals surface area contributed by atoms with E-state index in [0.717, 1.165) is 0 Å². The Hall–Kier alpha value is -1.47. The minimum absolute atomic E-state index is 0.0325. The Labute approximate surface area is 119 Å². The lowest BCUT2D eigenvalue weighted by molar-refractivity contribution is -0.385. The Morgan fingerprint density at radius 1 is 1.53 bits per heavy atom. The number of ether oxygens (including phenoxy) is 1. The van der Waals surface area contributed by atoms with Crippen LogP contribution in [-0.2, 0) is 16.1 Å². The summed E-state index contributed by atoms with van der Waals surface area (Å²) in [5.74, 6) is -0.343. The molecule has 0 unspecified atom stereocenters. The fourth-order valence-electron chi connectivity index (χ4n) is 1.61. The number of esters is 1. The summed E-state index contributed by atoms with van der Waals surface area (Å²) in [6.07, 6.45) is 0. The summed E-state index contributed by atoms with van der Waals surface area (Å²) < 4.78 is 5.47. The van der Waals surface area contributed by atoms with Gasteiger partial charge in [-0.25, -0.2) is 0 Å². The van der Waals surface area contributed by atoms with Crippen molar-refractivity contribution in [2.24, 2.45) is 0 Å². The minimum Gasteiger partial charge on any atom is -0.465 e. The van der Waals surface area contributed by atoms with Gasteiger partial charge in [-0.2, -0.15) is 0 Å². The molecule has 1 aromatic carbocycles. The van der Waals surface area contributed by atoms with Gasteiger partial charge < -0.3 is 4.74 Å². The van der Waals surface area contributed by atoms with E-state index >= 15 is 0 Å². The molecule has 104 valence electrons. The highest BCUT2D eigenvalue weighted by atomic mass is 79.9. The number of nitro groups is 1. The second-order valence-corrected chi connectivity index (χ2v) is 4.92. The normalized spacial score (nSPS) is 10.5. The van der Waals surface area contributed by atoms with E-state index in [0.29, 0.717) is 23.2 Å². The molecule has 0 spiro atoms. The molecule has 1 aromatic rings. The van der Waals surface area contributed by atoms with E-state index in [1.54, 1.807) is 31.0 Å². The number of nitrogens with zero attached hydrogens (tertiary/aromatic N) is 2. The van der Waals surface area contributed by atoms with E-state index in [9.17, 15) is 14.9 Å². The quantitative estimate of drug-likeness (QED) is 0.454. The summed E-state index contributed by atoms with van der Waals surface area (Å²) in [5, 5.41) is 11.0. The maximum atomic E-state index is 11.3. The van der Waals surface area contributed by atoms with E-state index < -0.39 is 4.92 Å². The van der Waals surface area contributed by atoms with Crippen LogP contribution in [0.5, 0.6) is 0 Å². The minimum atomic E-state index is -0.432. The molecule has 6 nitrogen and oxygen atoms in total. The number of hydrogen-bond donors (Lipinski definition) is 0. The summed E-state index contributed by atoms with van der Waals surface area (Å²) in [7, 11) is 1.71. The molecular weight excluding hydrogens is 316 g/mol. The molecular formula is C12H15BrN2O4. The van der Waals surface area contributed by atoms with Crippen LogP contribution in [0.1, 0.15) is 12.5 Å². The highest BCUT2D eigenvalue weighted by molar-refractivity contribution is 9.10. The van der Waals surface area contributed by atoms with Crippen LogP contribution in [0.15, 0.2) is 22.7 Å². The largest absolute Gasteiger partial charge is 0.465 e. The number of nitro benzene ring substituents is 1. The first-order chi connectivity index (χ1) is 8.93. The van der Waals surface area contributed by atoms with Gasteiger partial charge in [-0.05, 0) is 26.1 Å². The first-order valence-electron chi connectivity index (χ1n) is 5.71.